The fourth-order valence-corrected chi connectivity index (χ4v) is 3.65. The van der Waals surface area contributed by atoms with Crippen LogP contribution in [0.3, 0.4) is 0 Å². The maximum absolute atomic E-state index is 13.1. The summed E-state index contributed by atoms with van der Waals surface area (Å²) in [4.78, 5) is 19.3. The Morgan fingerprint density at radius 1 is 1.20 bits per heavy atom. The quantitative estimate of drug-likeness (QED) is 0.766. The predicted octanol–water partition coefficient (Wildman–Crippen LogP) is 5.66. The molecule has 132 valence electrons. The molecule has 0 aliphatic heterocycles. The van der Waals surface area contributed by atoms with E-state index in [9.17, 15) is 4.79 Å². The first-order chi connectivity index (χ1) is 12.1. The normalized spacial score (nSPS) is 16.2. The Morgan fingerprint density at radius 2 is 1.92 bits per heavy atom. The summed E-state index contributed by atoms with van der Waals surface area (Å²) in [6.07, 6.45) is 9.32. The number of nitrogens with one attached hydrogen (secondary N) is 1. The van der Waals surface area contributed by atoms with Crippen molar-refractivity contribution < 1.29 is 4.79 Å². The van der Waals surface area contributed by atoms with Crippen molar-refractivity contribution in [3.63, 3.8) is 0 Å². The minimum Gasteiger partial charge on any atom is -0.315 e. The van der Waals surface area contributed by atoms with Gasteiger partial charge in [0.2, 0.25) is 0 Å². The van der Waals surface area contributed by atoms with E-state index in [0.717, 1.165) is 24.1 Å². The largest absolute Gasteiger partial charge is 0.322 e. The Hall–Kier alpha value is -2.07. The molecule has 1 aromatic heterocycles. The highest BCUT2D eigenvalue weighted by Gasteiger charge is 2.30. The van der Waals surface area contributed by atoms with Gasteiger partial charge in [-0.1, -0.05) is 36.9 Å². The van der Waals surface area contributed by atoms with Crippen molar-refractivity contribution in [2.75, 3.05) is 5.32 Å². The van der Waals surface area contributed by atoms with Crippen LogP contribution in [0.2, 0.25) is 5.02 Å². The lowest BCUT2D eigenvalue weighted by Gasteiger charge is -2.38. The van der Waals surface area contributed by atoms with Crippen LogP contribution < -0.4 is 5.32 Å². The Morgan fingerprint density at radius 3 is 2.56 bits per heavy atom. The van der Waals surface area contributed by atoms with Gasteiger partial charge in [0, 0.05) is 29.1 Å². The van der Waals surface area contributed by atoms with Crippen LogP contribution in [-0.2, 0) is 0 Å². The van der Waals surface area contributed by atoms with E-state index in [1.54, 1.807) is 18.3 Å². The summed E-state index contributed by atoms with van der Waals surface area (Å²) in [6.45, 7) is 2.08. The zero-order valence-electron chi connectivity index (χ0n) is 14.5. The van der Waals surface area contributed by atoms with Crippen molar-refractivity contribution >= 4 is 23.3 Å². The number of carbonyl (C=O) groups is 1. The Labute approximate surface area is 154 Å². The van der Waals surface area contributed by atoms with E-state index in [4.69, 9.17) is 11.6 Å². The van der Waals surface area contributed by atoms with Gasteiger partial charge in [0.25, 0.3) is 0 Å². The molecular formula is C20H24ClN3O. The van der Waals surface area contributed by atoms with E-state index < -0.39 is 0 Å². The summed E-state index contributed by atoms with van der Waals surface area (Å²) in [5.41, 5.74) is 1.81. The van der Waals surface area contributed by atoms with Crippen molar-refractivity contribution in [3.05, 3.63) is 59.4 Å². The van der Waals surface area contributed by atoms with Crippen LogP contribution in [0, 0.1) is 0 Å². The molecule has 1 fully saturated rings. The molecular weight excluding hydrogens is 334 g/mol. The first kappa shape index (κ1) is 17.7. The molecule has 1 aromatic carbocycles. The molecule has 2 aromatic rings. The Kier molecular flexibility index (Phi) is 5.92. The zero-order valence-corrected chi connectivity index (χ0v) is 15.2. The third-order valence-electron chi connectivity index (χ3n) is 4.88. The van der Waals surface area contributed by atoms with Gasteiger partial charge in [-0.3, -0.25) is 4.98 Å². The molecule has 0 saturated heterocycles. The van der Waals surface area contributed by atoms with Gasteiger partial charge in [0.1, 0.15) is 0 Å². The first-order valence-corrected chi connectivity index (χ1v) is 9.28. The molecule has 1 unspecified atom stereocenters. The van der Waals surface area contributed by atoms with Crippen LogP contribution in [-0.4, -0.2) is 22.0 Å². The highest BCUT2D eigenvalue weighted by atomic mass is 35.5. The zero-order chi connectivity index (χ0) is 17.6. The van der Waals surface area contributed by atoms with E-state index >= 15 is 0 Å². The van der Waals surface area contributed by atoms with E-state index in [1.165, 1.54) is 19.3 Å². The number of urea groups is 1. The van der Waals surface area contributed by atoms with E-state index in [0.29, 0.717) is 5.02 Å². The van der Waals surface area contributed by atoms with Crippen molar-refractivity contribution in [3.8, 4) is 0 Å². The minimum absolute atomic E-state index is 0.0240. The topological polar surface area (TPSA) is 45.2 Å². The summed E-state index contributed by atoms with van der Waals surface area (Å²) in [5.74, 6) is 0. The molecule has 1 heterocycles. The van der Waals surface area contributed by atoms with Gasteiger partial charge in [-0.2, -0.15) is 0 Å². The fourth-order valence-electron chi connectivity index (χ4n) is 3.52. The molecule has 4 nitrogen and oxygen atoms in total. The third-order valence-corrected chi connectivity index (χ3v) is 5.13. The molecule has 1 N–H and O–H groups in total. The average molecular weight is 358 g/mol. The van der Waals surface area contributed by atoms with E-state index in [2.05, 4.69) is 17.2 Å². The average Bonchev–Trinajstić information content (AvgIpc) is 2.65. The molecule has 0 spiro atoms. The van der Waals surface area contributed by atoms with Crippen LogP contribution >= 0.6 is 11.6 Å². The number of amides is 2. The van der Waals surface area contributed by atoms with E-state index in [-0.39, 0.29) is 18.1 Å². The van der Waals surface area contributed by atoms with Crippen LogP contribution in [0.5, 0.6) is 0 Å². The van der Waals surface area contributed by atoms with Crippen LogP contribution in [0.15, 0.2) is 48.8 Å². The second-order valence-electron chi connectivity index (χ2n) is 6.60. The minimum atomic E-state index is -0.0643. The number of nitrogens with zero attached hydrogens (tertiary/aromatic N) is 2. The number of halogens is 1. The molecule has 3 rings (SSSR count). The molecule has 0 radical (unpaired) electrons. The standard InChI is InChI=1S/C20H24ClN3O/c1-15(16-6-5-13-22-14-16)24(19-7-3-2-4-8-19)20(25)23-18-11-9-17(21)10-12-18/h5-6,9-15,19H,2-4,7-8H2,1H3,(H,23,25). The van der Waals surface area contributed by atoms with Gasteiger partial charge >= 0.3 is 6.03 Å². The van der Waals surface area contributed by atoms with Gasteiger partial charge in [0.15, 0.2) is 0 Å². The lowest BCUT2D eigenvalue weighted by Crippen LogP contribution is -2.45. The smallest absolute Gasteiger partial charge is 0.315 e. The summed E-state index contributed by atoms with van der Waals surface area (Å²) in [7, 11) is 0. The number of pyridine rings is 1. The Bertz CT molecular complexity index is 684. The van der Waals surface area contributed by atoms with Gasteiger partial charge in [-0.15, -0.1) is 0 Å². The number of rotatable bonds is 4. The summed E-state index contributed by atoms with van der Waals surface area (Å²) >= 11 is 5.93. The number of aromatic nitrogens is 1. The molecule has 1 aliphatic carbocycles. The van der Waals surface area contributed by atoms with Crippen molar-refractivity contribution in [1.82, 2.24) is 9.88 Å². The number of hydrogen-bond donors (Lipinski definition) is 1. The molecule has 1 atom stereocenters. The van der Waals surface area contributed by atoms with Crippen LogP contribution in [0.4, 0.5) is 10.5 Å². The van der Waals surface area contributed by atoms with Crippen LogP contribution in [0.25, 0.3) is 0 Å². The number of hydrogen-bond acceptors (Lipinski definition) is 2. The summed E-state index contributed by atoms with van der Waals surface area (Å²) < 4.78 is 0. The van der Waals surface area contributed by atoms with Crippen molar-refractivity contribution in [2.45, 2.75) is 51.1 Å². The van der Waals surface area contributed by atoms with Gasteiger partial charge < -0.3 is 10.2 Å². The lowest BCUT2D eigenvalue weighted by molar-refractivity contribution is 0.139. The second-order valence-corrected chi connectivity index (χ2v) is 7.03. The number of carbonyl (C=O) groups excluding carboxylic acids is 1. The third kappa shape index (κ3) is 4.51. The molecule has 0 bridgehead atoms. The highest BCUT2D eigenvalue weighted by Crippen LogP contribution is 2.30. The summed E-state index contributed by atoms with van der Waals surface area (Å²) in [6, 6.07) is 11.3. The van der Waals surface area contributed by atoms with Crippen LogP contribution in [0.1, 0.15) is 50.6 Å². The Balaban J connectivity index is 1.82. The first-order valence-electron chi connectivity index (χ1n) is 8.90. The highest BCUT2D eigenvalue weighted by molar-refractivity contribution is 6.30. The lowest BCUT2D eigenvalue weighted by atomic mass is 9.92. The number of benzene rings is 1. The predicted molar refractivity (Wildman–Crippen MR) is 102 cm³/mol. The maximum Gasteiger partial charge on any atom is 0.322 e. The molecule has 1 saturated carbocycles. The fraction of sp³-hybridized carbons (Fsp3) is 0.400. The van der Waals surface area contributed by atoms with Gasteiger partial charge in [-0.05, 0) is 55.7 Å². The van der Waals surface area contributed by atoms with Crippen molar-refractivity contribution in [1.29, 1.82) is 0 Å². The molecule has 5 heteroatoms. The molecule has 2 amide bonds. The SMILES string of the molecule is CC(c1cccnc1)N(C(=O)Nc1ccc(Cl)cc1)C1CCCCC1. The maximum atomic E-state index is 13.1. The van der Waals surface area contributed by atoms with Gasteiger partial charge in [-0.25, -0.2) is 4.79 Å². The molecule has 25 heavy (non-hydrogen) atoms. The van der Waals surface area contributed by atoms with Crippen molar-refractivity contribution in [2.24, 2.45) is 0 Å². The molecule has 1 aliphatic rings. The number of anilines is 1. The monoisotopic (exact) mass is 357 g/mol. The summed E-state index contributed by atoms with van der Waals surface area (Å²) in [5, 5.41) is 3.68. The van der Waals surface area contributed by atoms with Gasteiger partial charge in [0.05, 0.1) is 6.04 Å². The van der Waals surface area contributed by atoms with E-state index in [1.807, 2.05) is 35.4 Å². The second kappa shape index (κ2) is 8.34.